The minimum Gasteiger partial charge on any atom is -0.481 e. The van der Waals surface area contributed by atoms with Gasteiger partial charge in [0.1, 0.15) is 0 Å². The van der Waals surface area contributed by atoms with Crippen LogP contribution in [0.3, 0.4) is 0 Å². The molecular weight excluding hydrogens is 144 g/mol. The molecule has 1 fully saturated rings. The molecule has 0 aromatic carbocycles. The molecule has 0 aromatic heterocycles. The molecule has 4 nitrogen and oxygen atoms in total. The number of piperidine rings is 1. The van der Waals surface area contributed by atoms with E-state index in [0.29, 0.717) is 6.54 Å². The Hall–Kier alpha value is -0.610. The smallest absolute Gasteiger partial charge is 0.310 e. The van der Waals surface area contributed by atoms with Crippen LogP contribution < -0.4 is 5.84 Å². The Kier molecular flexibility index (Phi) is 2.15. The molecule has 64 valence electrons. The first-order chi connectivity index (χ1) is 5.04. The molecule has 0 aliphatic carbocycles. The Morgan fingerprint density at radius 1 is 1.73 bits per heavy atom. The van der Waals surface area contributed by atoms with Gasteiger partial charge in [0.25, 0.3) is 0 Å². The molecular formula is C7H14N2O2. The summed E-state index contributed by atoms with van der Waals surface area (Å²) in [5.41, 5.74) is -0.632. The van der Waals surface area contributed by atoms with Gasteiger partial charge in [-0.1, -0.05) is 0 Å². The molecule has 0 bridgehead atoms. The minimum absolute atomic E-state index is 0.461. The van der Waals surface area contributed by atoms with E-state index >= 15 is 0 Å². The second-order valence-electron chi connectivity index (χ2n) is 3.44. The first kappa shape index (κ1) is 8.49. The monoisotopic (exact) mass is 158 g/mol. The van der Waals surface area contributed by atoms with E-state index in [-0.39, 0.29) is 0 Å². The molecule has 1 rings (SSSR count). The number of carbonyl (C=O) groups is 1. The fourth-order valence-electron chi connectivity index (χ4n) is 1.45. The number of carboxylic acids is 1. The Morgan fingerprint density at radius 3 is 2.73 bits per heavy atom. The van der Waals surface area contributed by atoms with Crippen LogP contribution in [0.15, 0.2) is 0 Å². The van der Waals surface area contributed by atoms with Gasteiger partial charge in [-0.15, -0.1) is 0 Å². The van der Waals surface area contributed by atoms with Gasteiger partial charge in [0.2, 0.25) is 0 Å². The van der Waals surface area contributed by atoms with Crippen molar-refractivity contribution in [3.63, 3.8) is 0 Å². The fourth-order valence-corrected chi connectivity index (χ4v) is 1.45. The Labute approximate surface area is 65.9 Å². The number of nitrogens with two attached hydrogens (primary N) is 1. The minimum atomic E-state index is -0.743. The van der Waals surface area contributed by atoms with Crippen LogP contribution in [-0.2, 0) is 4.79 Å². The van der Waals surface area contributed by atoms with Gasteiger partial charge < -0.3 is 5.11 Å². The molecule has 1 heterocycles. The van der Waals surface area contributed by atoms with Crippen molar-refractivity contribution in [1.82, 2.24) is 5.01 Å². The van der Waals surface area contributed by atoms with E-state index in [1.807, 2.05) is 0 Å². The molecule has 1 saturated heterocycles. The number of rotatable bonds is 1. The normalized spacial score (nSPS) is 33.6. The molecule has 3 N–H and O–H groups in total. The predicted octanol–water partition coefficient (Wildman–Crippen LogP) is 0.0468. The number of nitrogens with zero attached hydrogens (tertiary/aromatic N) is 1. The third kappa shape index (κ3) is 1.70. The molecule has 0 aromatic rings. The molecule has 4 heteroatoms. The quantitative estimate of drug-likeness (QED) is 0.529. The van der Waals surface area contributed by atoms with Crippen molar-refractivity contribution in [3.05, 3.63) is 0 Å². The highest BCUT2D eigenvalue weighted by atomic mass is 16.4. The molecule has 1 unspecified atom stereocenters. The molecule has 1 atom stereocenters. The van der Waals surface area contributed by atoms with Gasteiger partial charge in [-0.05, 0) is 19.8 Å². The van der Waals surface area contributed by atoms with E-state index < -0.39 is 11.4 Å². The van der Waals surface area contributed by atoms with Gasteiger partial charge in [-0.25, -0.2) is 5.01 Å². The lowest BCUT2D eigenvalue weighted by Crippen LogP contribution is -2.48. The molecule has 1 aliphatic heterocycles. The number of carboxylic acid groups (broad SMARTS) is 1. The summed E-state index contributed by atoms with van der Waals surface area (Å²) in [5.74, 6) is 4.78. The van der Waals surface area contributed by atoms with Crippen molar-refractivity contribution >= 4 is 5.97 Å². The summed E-state index contributed by atoms with van der Waals surface area (Å²) in [7, 11) is 0. The maximum atomic E-state index is 10.7. The van der Waals surface area contributed by atoms with Gasteiger partial charge in [-0.2, -0.15) is 0 Å². The van der Waals surface area contributed by atoms with Crippen LogP contribution in [-0.4, -0.2) is 29.2 Å². The van der Waals surface area contributed by atoms with E-state index in [9.17, 15) is 4.79 Å². The second kappa shape index (κ2) is 2.79. The van der Waals surface area contributed by atoms with Crippen molar-refractivity contribution in [2.75, 3.05) is 13.1 Å². The van der Waals surface area contributed by atoms with Crippen molar-refractivity contribution in [3.8, 4) is 0 Å². The average Bonchev–Trinajstić information content (AvgIpc) is 1.86. The third-order valence-electron chi connectivity index (χ3n) is 2.24. The zero-order valence-electron chi connectivity index (χ0n) is 6.71. The lowest BCUT2D eigenvalue weighted by atomic mass is 9.83. The number of hydrogen-bond donors (Lipinski definition) is 2. The highest BCUT2D eigenvalue weighted by molar-refractivity contribution is 5.74. The summed E-state index contributed by atoms with van der Waals surface area (Å²) in [6.07, 6.45) is 1.61. The number of hydrazine groups is 1. The number of aliphatic carboxylic acids is 1. The summed E-state index contributed by atoms with van der Waals surface area (Å²) in [5, 5.41) is 10.4. The van der Waals surface area contributed by atoms with Gasteiger partial charge in [-0.3, -0.25) is 10.6 Å². The van der Waals surface area contributed by atoms with Crippen LogP contribution in [0.2, 0.25) is 0 Å². The van der Waals surface area contributed by atoms with Gasteiger partial charge in [0.15, 0.2) is 0 Å². The van der Waals surface area contributed by atoms with Crippen LogP contribution in [0.25, 0.3) is 0 Å². The standard InChI is InChI=1S/C7H14N2O2/c1-7(6(10)11)3-2-4-9(8)5-7/h2-5,8H2,1H3,(H,10,11). The molecule has 0 amide bonds. The van der Waals surface area contributed by atoms with Crippen LogP contribution >= 0.6 is 0 Å². The molecule has 11 heavy (non-hydrogen) atoms. The predicted molar refractivity (Wildman–Crippen MR) is 40.7 cm³/mol. The topological polar surface area (TPSA) is 66.6 Å². The largest absolute Gasteiger partial charge is 0.481 e. The summed E-state index contributed by atoms with van der Waals surface area (Å²) < 4.78 is 0. The van der Waals surface area contributed by atoms with Gasteiger partial charge >= 0.3 is 5.97 Å². The van der Waals surface area contributed by atoms with Crippen LogP contribution in [0.1, 0.15) is 19.8 Å². The van der Waals surface area contributed by atoms with E-state index in [4.69, 9.17) is 10.9 Å². The Balaban J connectivity index is 2.63. The van der Waals surface area contributed by atoms with Gasteiger partial charge in [0, 0.05) is 13.1 Å². The first-order valence-corrected chi connectivity index (χ1v) is 3.78. The fraction of sp³-hybridized carbons (Fsp3) is 0.857. The summed E-state index contributed by atoms with van der Waals surface area (Å²) in [4.78, 5) is 10.7. The lowest BCUT2D eigenvalue weighted by Gasteiger charge is -2.34. The SMILES string of the molecule is CC1(C(=O)O)CCCN(N)C1. The van der Waals surface area contributed by atoms with Crippen LogP contribution in [0.5, 0.6) is 0 Å². The number of hydrogen-bond acceptors (Lipinski definition) is 3. The lowest BCUT2D eigenvalue weighted by molar-refractivity contribution is -0.151. The average molecular weight is 158 g/mol. The molecule has 0 spiro atoms. The second-order valence-corrected chi connectivity index (χ2v) is 3.44. The van der Waals surface area contributed by atoms with Crippen LogP contribution in [0, 0.1) is 5.41 Å². The van der Waals surface area contributed by atoms with Gasteiger partial charge in [0.05, 0.1) is 5.41 Å². The Bertz CT molecular complexity index is 172. The zero-order chi connectivity index (χ0) is 8.48. The van der Waals surface area contributed by atoms with E-state index in [1.165, 1.54) is 0 Å². The van der Waals surface area contributed by atoms with Crippen molar-refractivity contribution in [1.29, 1.82) is 0 Å². The molecule has 0 radical (unpaired) electrons. The van der Waals surface area contributed by atoms with Crippen molar-refractivity contribution in [2.24, 2.45) is 11.3 Å². The summed E-state index contributed by atoms with van der Waals surface area (Å²) >= 11 is 0. The third-order valence-corrected chi connectivity index (χ3v) is 2.24. The highest BCUT2D eigenvalue weighted by Gasteiger charge is 2.36. The molecule has 0 saturated carbocycles. The summed E-state index contributed by atoms with van der Waals surface area (Å²) in [6.45, 7) is 3.01. The Morgan fingerprint density at radius 2 is 2.36 bits per heavy atom. The highest BCUT2D eigenvalue weighted by Crippen LogP contribution is 2.27. The van der Waals surface area contributed by atoms with Crippen LogP contribution in [0.4, 0.5) is 0 Å². The molecule has 1 aliphatic rings. The summed E-state index contributed by atoms with van der Waals surface area (Å²) in [6, 6.07) is 0. The van der Waals surface area contributed by atoms with E-state index in [0.717, 1.165) is 19.4 Å². The van der Waals surface area contributed by atoms with E-state index in [2.05, 4.69) is 0 Å². The van der Waals surface area contributed by atoms with Crippen molar-refractivity contribution < 1.29 is 9.90 Å². The maximum Gasteiger partial charge on any atom is 0.310 e. The van der Waals surface area contributed by atoms with Crippen molar-refractivity contribution in [2.45, 2.75) is 19.8 Å². The maximum absolute atomic E-state index is 10.7. The first-order valence-electron chi connectivity index (χ1n) is 3.78. The zero-order valence-corrected chi connectivity index (χ0v) is 6.71. The van der Waals surface area contributed by atoms with E-state index in [1.54, 1.807) is 11.9 Å².